The van der Waals surface area contributed by atoms with Crippen LogP contribution in [-0.2, 0) is 6.54 Å². The summed E-state index contributed by atoms with van der Waals surface area (Å²) in [5.41, 5.74) is 6.70. The number of nitrogens with one attached hydrogen (secondary N) is 1. The molecule has 24 heavy (non-hydrogen) atoms. The Morgan fingerprint density at radius 1 is 1.38 bits per heavy atom. The number of anilines is 2. The van der Waals surface area contributed by atoms with Gasteiger partial charge in [-0.3, -0.25) is 4.68 Å². The zero-order chi connectivity index (χ0) is 17.3. The third-order valence-electron chi connectivity index (χ3n) is 3.92. The van der Waals surface area contributed by atoms with Gasteiger partial charge in [0.25, 0.3) is 0 Å². The van der Waals surface area contributed by atoms with E-state index in [-0.39, 0.29) is 5.95 Å². The molecule has 2 aromatic rings. The van der Waals surface area contributed by atoms with Crippen LogP contribution in [-0.4, -0.2) is 52.1 Å². The molecule has 1 fully saturated rings. The zero-order valence-electron chi connectivity index (χ0n) is 13.1. The van der Waals surface area contributed by atoms with Gasteiger partial charge >= 0.3 is 6.18 Å². The lowest BCUT2D eigenvalue weighted by atomic mass is 10.2. The van der Waals surface area contributed by atoms with Crippen LogP contribution in [0.3, 0.4) is 0 Å². The smallest absolute Gasteiger partial charge is 0.368 e. The number of nitrogens with zero attached hydrogens (tertiary/aromatic N) is 5. The number of hydrogen-bond donors (Lipinski definition) is 2. The third kappa shape index (κ3) is 3.75. The standard InChI is InChI=1S/C14H18F3N7/c1-19-10-2-3-23(7-10)12-4-11(21-13(18)22-12)9-5-20-24(6-9)8-14(15,16)17/h4-6,10,19H,2-3,7-8H2,1H3,(H2,18,21,22)/t10-/m1/s1. The maximum Gasteiger partial charge on any atom is 0.408 e. The van der Waals surface area contributed by atoms with Gasteiger partial charge in [0.05, 0.1) is 11.9 Å². The van der Waals surface area contributed by atoms with Crippen molar-refractivity contribution in [1.29, 1.82) is 0 Å². The van der Waals surface area contributed by atoms with Crippen LogP contribution < -0.4 is 16.0 Å². The van der Waals surface area contributed by atoms with Crippen molar-refractivity contribution in [2.75, 3.05) is 30.8 Å². The normalized spacial score (nSPS) is 18.3. The van der Waals surface area contributed by atoms with E-state index in [9.17, 15) is 13.2 Å². The van der Waals surface area contributed by atoms with E-state index >= 15 is 0 Å². The summed E-state index contributed by atoms with van der Waals surface area (Å²) in [5.74, 6) is 0.748. The highest BCUT2D eigenvalue weighted by Crippen LogP contribution is 2.25. The third-order valence-corrected chi connectivity index (χ3v) is 3.92. The molecule has 10 heteroatoms. The minimum atomic E-state index is -4.32. The van der Waals surface area contributed by atoms with Gasteiger partial charge in [0.2, 0.25) is 5.95 Å². The Morgan fingerprint density at radius 3 is 2.83 bits per heavy atom. The lowest BCUT2D eigenvalue weighted by Crippen LogP contribution is -2.30. The monoisotopic (exact) mass is 341 g/mol. The number of nitrogens with two attached hydrogens (primary N) is 1. The van der Waals surface area contributed by atoms with Crippen molar-refractivity contribution in [2.45, 2.75) is 25.2 Å². The first kappa shape index (κ1) is 16.5. The van der Waals surface area contributed by atoms with E-state index in [4.69, 9.17) is 5.73 Å². The van der Waals surface area contributed by atoms with Gasteiger partial charge in [-0.2, -0.15) is 23.3 Å². The summed E-state index contributed by atoms with van der Waals surface area (Å²) in [6.07, 6.45) is -0.687. The second-order valence-electron chi connectivity index (χ2n) is 5.73. The fraction of sp³-hybridized carbons (Fsp3) is 0.500. The molecule has 3 heterocycles. The molecule has 3 N–H and O–H groups in total. The van der Waals surface area contributed by atoms with E-state index in [1.54, 1.807) is 6.07 Å². The van der Waals surface area contributed by atoms with Gasteiger partial charge in [-0.15, -0.1) is 0 Å². The van der Waals surface area contributed by atoms with Gasteiger partial charge in [-0.25, -0.2) is 4.98 Å². The Bertz CT molecular complexity index is 713. The highest BCUT2D eigenvalue weighted by Gasteiger charge is 2.28. The fourth-order valence-corrected chi connectivity index (χ4v) is 2.73. The van der Waals surface area contributed by atoms with Crippen LogP contribution in [0.15, 0.2) is 18.5 Å². The van der Waals surface area contributed by atoms with Crippen LogP contribution in [0.1, 0.15) is 6.42 Å². The predicted octanol–water partition coefficient (Wildman–Crippen LogP) is 1.28. The molecule has 0 aliphatic carbocycles. The van der Waals surface area contributed by atoms with Crippen molar-refractivity contribution in [2.24, 2.45) is 0 Å². The minimum Gasteiger partial charge on any atom is -0.368 e. The first-order chi connectivity index (χ1) is 11.3. The Kier molecular flexibility index (Phi) is 4.31. The van der Waals surface area contributed by atoms with Crippen molar-refractivity contribution in [1.82, 2.24) is 25.1 Å². The van der Waals surface area contributed by atoms with Crippen molar-refractivity contribution in [3.05, 3.63) is 18.5 Å². The number of alkyl halides is 3. The molecular weight excluding hydrogens is 323 g/mol. The molecule has 130 valence electrons. The van der Waals surface area contributed by atoms with Gasteiger partial charge in [-0.05, 0) is 13.5 Å². The second kappa shape index (κ2) is 6.27. The zero-order valence-corrected chi connectivity index (χ0v) is 13.1. The summed E-state index contributed by atoms with van der Waals surface area (Å²) in [6, 6.07) is 2.10. The first-order valence-corrected chi connectivity index (χ1v) is 7.50. The molecule has 1 aliphatic heterocycles. The van der Waals surface area contributed by atoms with Crippen molar-refractivity contribution in [3.8, 4) is 11.3 Å². The molecule has 0 aromatic carbocycles. The summed E-state index contributed by atoms with van der Waals surface area (Å²) >= 11 is 0. The van der Waals surface area contributed by atoms with Crippen molar-refractivity contribution in [3.63, 3.8) is 0 Å². The number of halogens is 3. The molecule has 3 rings (SSSR count). The number of likely N-dealkylation sites (N-methyl/N-ethyl adjacent to an activating group) is 1. The van der Waals surface area contributed by atoms with Gasteiger partial charge < -0.3 is 16.0 Å². The second-order valence-corrected chi connectivity index (χ2v) is 5.73. The average Bonchev–Trinajstić information content (AvgIpc) is 3.13. The molecule has 0 unspecified atom stereocenters. The van der Waals surface area contributed by atoms with Crippen LogP contribution >= 0.6 is 0 Å². The maximum atomic E-state index is 12.4. The molecule has 0 spiro atoms. The van der Waals surface area contributed by atoms with Crippen LogP contribution in [0.2, 0.25) is 0 Å². The van der Waals surface area contributed by atoms with Gasteiger partial charge in [0.15, 0.2) is 0 Å². The molecule has 0 saturated carbocycles. The Labute approximate surface area is 136 Å². The summed E-state index contributed by atoms with van der Waals surface area (Å²) in [6.45, 7) is 0.477. The number of rotatable bonds is 4. The Morgan fingerprint density at radius 2 is 2.17 bits per heavy atom. The summed E-state index contributed by atoms with van der Waals surface area (Å²) < 4.78 is 38.1. The predicted molar refractivity (Wildman–Crippen MR) is 83.4 cm³/mol. The maximum absolute atomic E-state index is 12.4. The molecular formula is C14H18F3N7. The molecule has 0 amide bonds. The van der Waals surface area contributed by atoms with Gasteiger partial charge in [0.1, 0.15) is 12.4 Å². The number of aromatic nitrogens is 4. The number of hydrogen-bond acceptors (Lipinski definition) is 6. The summed E-state index contributed by atoms with van der Waals surface area (Å²) in [5, 5.41) is 6.95. The van der Waals surface area contributed by atoms with Crippen LogP contribution in [0.25, 0.3) is 11.3 Å². The van der Waals surface area contributed by atoms with E-state index in [0.717, 1.165) is 24.2 Å². The summed E-state index contributed by atoms with van der Waals surface area (Å²) in [4.78, 5) is 10.4. The van der Waals surface area contributed by atoms with Crippen molar-refractivity contribution < 1.29 is 13.2 Å². The Balaban J connectivity index is 1.84. The van der Waals surface area contributed by atoms with Gasteiger partial charge in [0, 0.05) is 37.0 Å². The lowest BCUT2D eigenvalue weighted by Gasteiger charge is -2.18. The molecule has 7 nitrogen and oxygen atoms in total. The van der Waals surface area contributed by atoms with Crippen molar-refractivity contribution >= 4 is 11.8 Å². The SMILES string of the molecule is CN[C@@H]1CCN(c2cc(-c3cnn(CC(F)(F)F)c3)nc(N)n2)C1. The van der Waals surface area contributed by atoms with Gasteiger partial charge in [-0.1, -0.05) is 0 Å². The molecule has 1 atom stereocenters. The Hall–Kier alpha value is -2.36. The van der Waals surface area contributed by atoms with E-state index in [2.05, 4.69) is 25.3 Å². The van der Waals surface area contributed by atoms with E-state index < -0.39 is 12.7 Å². The highest BCUT2D eigenvalue weighted by molar-refractivity contribution is 5.63. The molecule has 0 radical (unpaired) electrons. The minimum absolute atomic E-state index is 0.0824. The van der Waals surface area contributed by atoms with Crippen LogP contribution in [0, 0.1) is 0 Å². The van der Waals surface area contributed by atoms with E-state index in [1.165, 1.54) is 12.4 Å². The topological polar surface area (TPSA) is 84.9 Å². The van der Waals surface area contributed by atoms with E-state index in [0.29, 0.717) is 23.1 Å². The van der Waals surface area contributed by atoms with Crippen LogP contribution in [0.5, 0.6) is 0 Å². The largest absolute Gasteiger partial charge is 0.408 e. The lowest BCUT2D eigenvalue weighted by molar-refractivity contribution is -0.142. The fourth-order valence-electron chi connectivity index (χ4n) is 2.73. The van der Waals surface area contributed by atoms with E-state index in [1.807, 2.05) is 7.05 Å². The summed E-state index contributed by atoms with van der Waals surface area (Å²) in [7, 11) is 1.91. The average molecular weight is 341 g/mol. The first-order valence-electron chi connectivity index (χ1n) is 7.50. The highest BCUT2D eigenvalue weighted by atomic mass is 19.4. The van der Waals surface area contributed by atoms with Crippen LogP contribution in [0.4, 0.5) is 24.9 Å². The molecule has 1 saturated heterocycles. The molecule has 2 aromatic heterocycles. The number of nitrogen functional groups attached to an aromatic ring is 1. The quantitative estimate of drug-likeness (QED) is 0.872. The molecule has 1 aliphatic rings. The molecule has 0 bridgehead atoms.